The van der Waals surface area contributed by atoms with Gasteiger partial charge in [-0.25, -0.2) is 8.42 Å². The Hall–Kier alpha value is -1.47. The zero-order chi connectivity index (χ0) is 19.2. The Labute approximate surface area is 168 Å². The predicted octanol–water partition coefficient (Wildman–Crippen LogP) is 4.46. The molecule has 0 spiro atoms. The highest BCUT2D eigenvalue weighted by atomic mass is 35.5. The van der Waals surface area contributed by atoms with Gasteiger partial charge in [0.25, 0.3) is 0 Å². The topological polar surface area (TPSA) is 55.8 Å². The Balaban J connectivity index is 1.71. The van der Waals surface area contributed by atoms with Crippen molar-refractivity contribution < 1.29 is 17.9 Å². The minimum atomic E-state index is -3.70. The number of hydrogen-bond acceptors (Lipinski definition) is 4. The Morgan fingerprint density at radius 1 is 1.04 bits per heavy atom. The van der Waals surface area contributed by atoms with Crippen LogP contribution in [-0.2, 0) is 16.4 Å². The van der Waals surface area contributed by atoms with Gasteiger partial charge in [0.05, 0.1) is 28.2 Å². The zero-order valence-corrected chi connectivity index (χ0v) is 17.1. The quantitative estimate of drug-likeness (QED) is 0.709. The highest BCUT2D eigenvalue weighted by Crippen LogP contribution is 2.41. The molecule has 27 heavy (non-hydrogen) atoms. The molecule has 0 bridgehead atoms. The molecular formula is C19H19Cl2NO4S. The fourth-order valence-corrected chi connectivity index (χ4v) is 5.55. The van der Waals surface area contributed by atoms with Gasteiger partial charge in [-0.15, -0.1) is 0 Å². The molecule has 0 saturated carbocycles. The molecule has 2 aromatic carbocycles. The molecule has 2 aliphatic rings. The minimum absolute atomic E-state index is 0.140. The van der Waals surface area contributed by atoms with Crippen LogP contribution >= 0.6 is 23.2 Å². The highest BCUT2D eigenvalue weighted by molar-refractivity contribution is 7.89. The largest absolute Gasteiger partial charge is 0.490 e. The van der Waals surface area contributed by atoms with Crippen LogP contribution in [0.2, 0.25) is 10.0 Å². The number of hydrogen-bond donors (Lipinski definition) is 0. The summed E-state index contributed by atoms with van der Waals surface area (Å²) in [5.74, 6) is 1.41. The normalized spacial score (nSPS) is 20.0. The molecule has 0 fully saturated rings. The molecule has 0 N–H and O–H groups in total. The number of rotatable bonds is 2. The summed E-state index contributed by atoms with van der Waals surface area (Å²) in [4.78, 5) is 0.140. The monoisotopic (exact) mass is 427 g/mol. The lowest BCUT2D eigenvalue weighted by Gasteiger charge is -2.34. The van der Waals surface area contributed by atoms with Crippen LogP contribution in [0.1, 0.15) is 30.5 Å². The summed E-state index contributed by atoms with van der Waals surface area (Å²) in [7, 11) is -3.70. The van der Waals surface area contributed by atoms with E-state index >= 15 is 0 Å². The van der Waals surface area contributed by atoms with Gasteiger partial charge >= 0.3 is 0 Å². The van der Waals surface area contributed by atoms with E-state index in [1.165, 1.54) is 22.5 Å². The summed E-state index contributed by atoms with van der Waals surface area (Å²) in [5, 5.41) is 0.547. The van der Waals surface area contributed by atoms with Crippen LogP contribution in [0.25, 0.3) is 0 Å². The molecule has 144 valence electrons. The molecule has 0 saturated heterocycles. The van der Waals surface area contributed by atoms with E-state index in [9.17, 15) is 8.42 Å². The maximum Gasteiger partial charge on any atom is 0.243 e. The van der Waals surface area contributed by atoms with Crippen molar-refractivity contribution in [2.45, 2.75) is 30.7 Å². The van der Waals surface area contributed by atoms with Gasteiger partial charge in [0.15, 0.2) is 11.5 Å². The van der Waals surface area contributed by atoms with Crippen molar-refractivity contribution in [2.24, 2.45) is 0 Å². The van der Waals surface area contributed by atoms with Gasteiger partial charge in [0, 0.05) is 19.0 Å². The SMILES string of the molecule is C[C@@H]1c2cc3c(cc2CCN1S(=O)(=O)c1ccc(Cl)c(Cl)c1)OCCCO3. The third kappa shape index (κ3) is 3.40. The van der Waals surface area contributed by atoms with Gasteiger partial charge in [-0.1, -0.05) is 23.2 Å². The van der Waals surface area contributed by atoms with E-state index in [2.05, 4.69) is 0 Å². The van der Waals surface area contributed by atoms with Crippen LogP contribution in [0.3, 0.4) is 0 Å². The smallest absolute Gasteiger partial charge is 0.243 e. The molecular weight excluding hydrogens is 409 g/mol. The number of halogens is 2. The molecule has 2 aromatic rings. The lowest BCUT2D eigenvalue weighted by molar-refractivity contribution is 0.296. The Kier molecular flexibility index (Phi) is 5.01. The van der Waals surface area contributed by atoms with Crippen molar-refractivity contribution in [1.82, 2.24) is 4.31 Å². The number of ether oxygens (including phenoxy) is 2. The Morgan fingerprint density at radius 3 is 2.44 bits per heavy atom. The third-order valence-corrected chi connectivity index (χ3v) is 7.70. The summed E-state index contributed by atoms with van der Waals surface area (Å²) in [5.41, 5.74) is 2.03. The molecule has 2 heterocycles. The van der Waals surface area contributed by atoms with Crippen molar-refractivity contribution in [2.75, 3.05) is 19.8 Å². The fourth-order valence-electron chi connectivity index (χ4n) is 3.55. The van der Waals surface area contributed by atoms with Gasteiger partial charge < -0.3 is 9.47 Å². The maximum atomic E-state index is 13.2. The van der Waals surface area contributed by atoms with Crippen molar-refractivity contribution in [3.05, 3.63) is 51.5 Å². The molecule has 0 radical (unpaired) electrons. The van der Waals surface area contributed by atoms with Crippen molar-refractivity contribution in [1.29, 1.82) is 0 Å². The van der Waals surface area contributed by atoms with Crippen LogP contribution in [0.5, 0.6) is 11.5 Å². The van der Waals surface area contributed by atoms with Gasteiger partial charge in [-0.2, -0.15) is 4.31 Å². The Morgan fingerprint density at radius 2 is 1.74 bits per heavy atom. The summed E-state index contributed by atoms with van der Waals surface area (Å²) >= 11 is 12.0. The number of fused-ring (bicyclic) bond motifs is 2. The lowest BCUT2D eigenvalue weighted by atomic mass is 9.94. The maximum absolute atomic E-state index is 13.2. The second-order valence-electron chi connectivity index (χ2n) is 6.67. The van der Waals surface area contributed by atoms with E-state index in [1.54, 1.807) is 0 Å². The summed E-state index contributed by atoms with van der Waals surface area (Å²) in [6, 6.07) is 7.96. The summed E-state index contributed by atoms with van der Waals surface area (Å²) < 4.78 is 39.4. The second kappa shape index (κ2) is 7.17. The predicted molar refractivity (Wildman–Crippen MR) is 105 cm³/mol. The van der Waals surface area contributed by atoms with Crippen LogP contribution in [0, 0.1) is 0 Å². The number of benzene rings is 2. The van der Waals surface area contributed by atoms with Gasteiger partial charge in [-0.3, -0.25) is 0 Å². The van der Waals surface area contributed by atoms with Crippen LogP contribution < -0.4 is 9.47 Å². The van der Waals surface area contributed by atoms with Crippen molar-refractivity contribution in [3.8, 4) is 11.5 Å². The van der Waals surface area contributed by atoms with E-state index in [0.717, 1.165) is 23.3 Å². The second-order valence-corrected chi connectivity index (χ2v) is 9.37. The Bertz CT molecular complexity index is 993. The fraction of sp³-hybridized carbons (Fsp3) is 0.368. The van der Waals surface area contributed by atoms with Crippen molar-refractivity contribution in [3.63, 3.8) is 0 Å². The van der Waals surface area contributed by atoms with Gasteiger partial charge in [-0.05, 0) is 54.8 Å². The van der Waals surface area contributed by atoms with Crippen molar-refractivity contribution >= 4 is 33.2 Å². The summed E-state index contributed by atoms with van der Waals surface area (Å²) in [6.45, 7) is 3.48. The zero-order valence-electron chi connectivity index (χ0n) is 14.7. The lowest BCUT2D eigenvalue weighted by Crippen LogP contribution is -2.38. The first kappa shape index (κ1) is 18.9. The highest BCUT2D eigenvalue weighted by Gasteiger charge is 2.35. The van der Waals surface area contributed by atoms with E-state index in [-0.39, 0.29) is 16.0 Å². The average molecular weight is 428 g/mol. The molecule has 0 amide bonds. The third-order valence-electron chi connectivity index (χ3n) is 4.99. The number of sulfonamides is 1. The van der Waals surface area contributed by atoms with Crippen LogP contribution in [-0.4, -0.2) is 32.5 Å². The van der Waals surface area contributed by atoms with Gasteiger partial charge in [0.1, 0.15) is 0 Å². The molecule has 0 aromatic heterocycles. The average Bonchev–Trinajstić information content (AvgIpc) is 2.87. The summed E-state index contributed by atoms with van der Waals surface area (Å²) in [6.07, 6.45) is 1.43. The molecule has 2 aliphatic heterocycles. The van der Waals surface area contributed by atoms with Gasteiger partial charge in [0.2, 0.25) is 10.0 Å². The molecule has 5 nitrogen and oxygen atoms in total. The van der Waals surface area contributed by atoms with E-state index in [1.807, 2.05) is 19.1 Å². The molecule has 0 aliphatic carbocycles. The van der Waals surface area contributed by atoms with E-state index in [4.69, 9.17) is 32.7 Å². The first-order valence-corrected chi connectivity index (χ1v) is 11.0. The molecule has 8 heteroatoms. The minimum Gasteiger partial charge on any atom is -0.490 e. The standard InChI is InChI=1S/C19H19Cl2NO4S/c1-12-15-11-19-18(25-7-2-8-26-19)9-13(15)5-6-22(12)27(23,24)14-3-4-16(20)17(21)10-14/h3-4,9-12H,2,5-8H2,1H3/t12-/m1/s1. The van der Waals surface area contributed by atoms with E-state index < -0.39 is 10.0 Å². The first-order chi connectivity index (χ1) is 12.9. The molecule has 1 atom stereocenters. The number of nitrogens with zero attached hydrogens (tertiary/aromatic N) is 1. The van der Waals surface area contributed by atoms with Crippen LogP contribution in [0.15, 0.2) is 35.2 Å². The molecule has 4 rings (SSSR count). The first-order valence-electron chi connectivity index (χ1n) is 8.77. The van der Waals surface area contributed by atoms with Crippen LogP contribution in [0.4, 0.5) is 0 Å². The van der Waals surface area contributed by atoms with E-state index in [0.29, 0.717) is 37.0 Å². The molecule has 0 unspecified atom stereocenters.